The number of carbonyl (C=O) groups is 1. The van der Waals surface area contributed by atoms with Gasteiger partial charge in [0.25, 0.3) is 0 Å². The van der Waals surface area contributed by atoms with E-state index < -0.39 is 0 Å². The highest BCUT2D eigenvalue weighted by Crippen LogP contribution is 2.15. The maximum absolute atomic E-state index is 11.0. The summed E-state index contributed by atoms with van der Waals surface area (Å²) in [7, 11) is 0. The van der Waals surface area contributed by atoms with E-state index in [1.54, 1.807) is 13.0 Å². The lowest BCUT2D eigenvalue weighted by atomic mass is 10.0. The van der Waals surface area contributed by atoms with Gasteiger partial charge in [-0.2, -0.15) is 0 Å². The summed E-state index contributed by atoms with van der Waals surface area (Å²) in [5, 5.41) is 11.7. The van der Waals surface area contributed by atoms with Crippen molar-refractivity contribution in [3.8, 4) is 5.88 Å². The van der Waals surface area contributed by atoms with E-state index in [9.17, 15) is 4.79 Å². The fourth-order valence-corrected chi connectivity index (χ4v) is 2.53. The van der Waals surface area contributed by atoms with E-state index in [-0.39, 0.29) is 19.1 Å². The Bertz CT molecular complexity index is 459. The van der Waals surface area contributed by atoms with Crippen LogP contribution in [0.1, 0.15) is 25.5 Å². The van der Waals surface area contributed by atoms with Crippen LogP contribution in [0.5, 0.6) is 5.88 Å². The average Bonchev–Trinajstić information content (AvgIpc) is 2.47. The highest BCUT2D eigenvalue weighted by Gasteiger charge is 2.19. The number of aliphatic hydroxyl groups is 1. The van der Waals surface area contributed by atoms with E-state index in [1.165, 1.54) is 0 Å². The summed E-state index contributed by atoms with van der Waals surface area (Å²) in [5.74, 6) is 0.596. The van der Waals surface area contributed by atoms with E-state index in [2.05, 4.69) is 15.2 Å². The first-order valence-corrected chi connectivity index (χ1v) is 7.36. The van der Waals surface area contributed by atoms with Gasteiger partial charge < -0.3 is 15.2 Å². The molecular weight excluding hydrogens is 270 g/mol. The Balaban J connectivity index is 1.81. The Labute approximate surface area is 125 Å². The molecule has 0 aliphatic carbocycles. The number of aliphatic hydroxyl groups excluding tert-OH is 1. The predicted octanol–water partition coefficient (Wildman–Crippen LogP) is 0.553. The minimum absolute atomic E-state index is 0.0113. The fraction of sp³-hybridized carbons (Fsp3) is 0.600. The Morgan fingerprint density at radius 1 is 1.48 bits per heavy atom. The maximum atomic E-state index is 11.0. The van der Waals surface area contributed by atoms with Gasteiger partial charge in [0.15, 0.2) is 0 Å². The number of nitrogens with one attached hydrogen (secondary N) is 1. The molecule has 21 heavy (non-hydrogen) atoms. The van der Waals surface area contributed by atoms with E-state index in [0.29, 0.717) is 11.9 Å². The van der Waals surface area contributed by atoms with Crippen molar-refractivity contribution in [1.82, 2.24) is 15.2 Å². The molecule has 2 N–H and O–H groups in total. The van der Waals surface area contributed by atoms with Crippen LogP contribution in [0.3, 0.4) is 0 Å². The SMILES string of the molecule is CC(=O)NC1CCN(Cc2cccc(OCCO)n2)CC1. The van der Waals surface area contributed by atoms with Crippen molar-refractivity contribution in [3.05, 3.63) is 23.9 Å². The monoisotopic (exact) mass is 293 g/mol. The van der Waals surface area contributed by atoms with Crippen molar-refractivity contribution in [2.24, 2.45) is 0 Å². The highest BCUT2D eigenvalue weighted by molar-refractivity contribution is 5.73. The lowest BCUT2D eigenvalue weighted by Crippen LogP contribution is -2.43. The molecule has 1 saturated heterocycles. The number of likely N-dealkylation sites (tertiary alicyclic amines) is 1. The van der Waals surface area contributed by atoms with Gasteiger partial charge in [-0.15, -0.1) is 0 Å². The first-order chi connectivity index (χ1) is 10.2. The molecule has 0 spiro atoms. The number of hydrogen-bond acceptors (Lipinski definition) is 5. The Morgan fingerprint density at radius 2 is 2.24 bits per heavy atom. The Morgan fingerprint density at radius 3 is 2.90 bits per heavy atom. The second kappa shape index (κ2) is 7.95. The molecule has 1 aliphatic rings. The molecule has 1 amide bonds. The summed E-state index contributed by atoms with van der Waals surface area (Å²) in [6.07, 6.45) is 1.95. The van der Waals surface area contributed by atoms with Crippen molar-refractivity contribution in [2.45, 2.75) is 32.4 Å². The second-order valence-electron chi connectivity index (χ2n) is 5.29. The van der Waals surface area contributed by atoms with Crippen LogP contribution in [0.2, 0.25) is 0 Å². The number of pyridine rings is 1. The molecule has 0 aromatic carbocycles. The smallest absolute Gasteiger partial charge is 0.217 e. The summed E-state index contributed by atoms with van der Waals surface area (Å²) in [6.45, 7) is 4.50. The van der Waals surface area contributed by atoms with Gasteiger partial charge in [0, 0.05) is 38.7 Å². The van der Waals surface area contributed by atoms with Gasteiger partial charge in [-0.25, -0.2) is 4.98 Å². The number of amides is 1. The quantitative estimate of drug-likeness (QED) is 0.801. The van der Waals surface area contributed by atoms with Crippen molar-refractivity contribution in [3.63, 3.8) is 0 Å². The first-order valence-electron chi connectivity index (χ1n) is 7.36. The van der Waals surface area contributed by atoms with Crippen LogP contribution >= 0.6 is 0 Å². The van der Waals surface area contributed by atoms with Gasteiger partial charge in [0.1, 0.15) is 6.61 Å². The average molecular weight is 293 g/mol. The largest absolute Gasteiger partial charge is 0.475 e. The number of aromatic nitrogens is 1. The molecule has 1 aromatic rings. The van der Waals surface area contributed by atoms with Gasteiger partial charge in [0.2, 0.25) is 11.8 Å². The number of nitrogens with zero attached hydrogens (tertiary/aromatic N) is 2. The van der Waals surface area contributed by atoms with Crippen LogP contribution in [0, 0.1) is 0 Å². The Hall–Kier alpha value is -1.66. The van der Waals surface area contributed by atoms with Crippen LogP contribution in [-0.4, -0.2) is 53.2 Å². The molecule has 116 valence electrons. The van der Waals surface area contributed by atoms with Crippen LogP contribution in [0.15, 0.2) is 18.2 Å². The normalized spacial score (nSPS) is 16.7. The molecule has 0 bridgehead atoms. The molecular formula is C15H23N3O3. The number of rotatable bonds is 6. The van der Waals surface area contributed by atoms with Crippen LogP contribution < -0.4 is 10.1 Å². The van der Waals surface area contributed by atoms with E-state index in [0.717, 1.165) is 38.2 Å². The summed E-state index contributed by atoms with van der Waals surface area (Å²) in [5.41, 5.74) is 0.961. The minimum Gasteiger partial charge on any atom is -0.475 e. The van der Waals surface area contributed by atoms with E-state index >= 15 is 0 Å². The first kappa shape index (κ1) is 15.7. The zero-order chi connectivity index (χ0) is 15.1. The van der Waals surface area contributed by atoms with Crippen LogP contribution in [-0.2, 0) is 11.3 Å². The van der Waals surface area contributed by atoms with Crippen molar-refractivity contribution in [1.29, 1.82) is 0 Å². The molecule has 6 heteroatoms. The van der Waals surface area contributed by atoms with Gasteiger partial charge in [-0.05, 0) is 18.9 Å². The summed E-state index contributed by atoms with van der Waals surface area (Å²) < 4.78 is 5.32. The number of ether oxygens (including phenoxy) is 1. The molecule has 0 saturated carbocycles. The molecule has 0 radical (unpaired) electrons. The minimum atomic E-state index is -0.0113. The second-order valence-corrected chi connectivity index (χ2v) is 5.29. The third kappa shape index (κ3) is 5.32. The van der Waals surface area contributed by atoms with Crippen LogP contribution in [0.4, 0.5) is 0 Å². The third-order valence-electron chi connectivity index (χ3n) is 3.50. The zero-order valence-corrected chi connectivity index (χ0v) is 12.4. The summed E-state index contributed by atoms with van der Waals surface area (Å²) in [4.78, 5) is 17.8. The van der Waals surface area contributed by atoms with E-state index in [4.69, 9.17) is 9.84 Å². The molecule has 6 nitrogen and oxygen atoms in total. The summed E-state index contributed by atoms with van der Waals surface area (Å²) >= 11 is 0. The lowest BCUT2D eigenvalue weighted by Gasteiger charge is -2.31. The van der Waals surface area contributed by atoms with Gasteiger partial charge in [-0.3, -0.25) is 9.69 Å². The highest BCUT2D eigenvalue weighted by atomic mass is 16.5. The van der Waals surface area contributed by atoms with Crippen molar-refractivity contribution >= 4 is 5.91 Å². The summed E-state index contributed by atoms with van der Waals surface area (Å²) in [6, 6.07) is 5.98. The van der Waals surface area contributed by atoms with Gasteiger partial charge in [-0.1, -0.05) is 6.07 Å². The molecule has 1 aromatic heterocycles. The molecule has 1 fully saturated rings. The van der Waals surface area contributed by atoms with E-state index in [1.807, 2.05) is 12.1 Å². The molecule has 0 atom stereocenters. The molecule has 2 heterocycles. The third-order valence-corrected chi connectivity index (χ3v) is 3.50. The standard InChI is InChI=1S/C15H23N3O3/c1-12(20)16-13-5-7-18(8-6-13)11-14-3-2-4-15(17-14)21-10-9-19/h2-4,13,19H,5-11H2,1H3,(H,16,20). The fourth-order valence-electron chi connectivity index (χ4n) is 2.53. The van der Waals surface area contributed by atoms with Gasteiger partial charge >= 0.3 is 0 Å². The van der Waals surface area contributed by atoms with Crippen molar-refractivity contribution < 1.29 is 14.6 Å². The zero-order valence-electron chi connectivity index (χ0n) is 12.4. The molecule has 2 rings (SSSR count). The molecule has 1 aliphatic heterocycles. The van der Waals surface area contributed by atoms with Gasteiger partial charge in [0.05, 0.1) is 12.3 Å². The Kier molecular flexibility index (Phi) is 5.95. The topological polar surface area (TPSA) is 74.7 Å². The molecule has 0 unspecified atom stereocenters. The number of piperidine rings is 1. The maximum Gasteiger partial charge on any atom is 0.217 e. The van der Waals surface area contributed by atoms with Crippen molar-refractivity contribution in [2.75, 3.05) is 26.3 Å². The van der Waals surface area contributed by atoms with Crippen LogP contribution in [0.25, 0.3) is 0 Å². The predicted molar refractivity (Wildman–Crippen MR) is 78.9 cm³/mol. The number of carbonyl (C=O) groups excluding carboxylic acids is 1. The number of hydrogen-bond donors (Lipinski definition) is 2. The lowest BCUT2D eigenvalue weighted by molar-refractivity contribution is -0.119.